The molecule has 0 bridgehead atoms. The summed E-state index contributed by atoms with van der Waals surface area (Å²) in [4.78, 5) is 0. The van der Waals surface area contributed by atoms with Gasteiger partial charge in [-0.05, 0) is 43.2 Å². The van der Waals surface area contributed by atoms with Crippen LogP contribution in [0.1, 0.15) is 11.1 Å². The van der Waals surface area contributed by atoms with Crippen molar-refractivity contribution in [3.05, 3.63) is 47.0 Å². The van der Waals surface area contributed by atoms with Crippen LogP contribution in [0.3, 0.4) is 0 Å². The van der Waals surface area contributed by atoms with Crippen LogP contribution in [0.5, 0.6) is 0 Å². The Morgan fingerprint density at radius 3 is 2.06 bits per heavy atom. The maximum absolute atomic E-state index is 13.2. The molecule has 1 aromatic heterocycles. The van der Waals surface area contributed by atoms with Crippen LogP contribution in [-0.4, -0.2) is 0 Å². The molecule has 3 aromatic rings. The number of rotatable bonds is 0. The molecular weight excluding hydrogens is 222 g/mol. The summed E-state index contributed by atoms with van der Waals surface area (Å²) < 4.78 is 31.8. The van der Waals surface area contributed by atoms with E-state index in [4.69, 9.17) is 4.42 Å². The van der Waals surface area contributed by atoms with Gasteiger partial charge in [-0.2, -0.15) is 0 Å². The zero-order valence-electron chi connectivity index (χ0n) is 9.47. The molecular formula is C14H10F2O. The van der Waals surface area contributed by atoms with Gasteiger partial charge in [0, 0.05) is 16.8 Å². The summed E-state index contributed by atoms with van der Waals surface area (Å²) in [5, 5.41) is 1.43. The van der Waals surface area contributed by atoms with Crippen LogP contribution in [0.25, 0.3) is 21.9 Å². The molecule has 0 radical (unpaired) electrons. The first-order valence-corrected chi connectivity index (χ1v) is 5.35. The Balaban J connectivity index is 2.51. The second-order valence-electron chi connectivity index (χ2n) is 4.30. The normalized spacial score (nSPS) is 11.5. The Bertz CT molecular complexity index is 679. The van der Waals surface area contributed by atoms with E-state index in [9.17, 15) is 8.78 Å². The van der Waals surface area contributed by atoms with Gasteiger partial charge in [0.2, 0.25) is 0 Å². The molecule has 0 fully saturated rings. The van der Waals surface area contributed by atoms with Crippen molar-refractivity contribution in [2.75, 3.05) is 0 Å². The molecule has 0 aliphatic carbocycles. The van der Waals surface area contributed by atoms with Crippen LogP contribution in [0.15, 0.2) is 28.7 Å². The van der Waals surface area contributed by atoms with Gasteiger partial charge in [-0.25, -0.2) is 8.78 Å². The molecule has 0 unspecified atom stereocenters. The summed E-state index contributed by atoms with van der Waals surface area (Å²) in [5.41, 5.74) is 3.24. The molecule has 3 heteroatoms. The van der Waals surface area contributed by atoms with E-state index in [1.807, 2.05) is 26.0 Å². The van der Waals surface area contributed by atoms with E-state index < -0.39 is 11.6 Å². The zero-order chi connectivity index (χ0) is 12.2. The lowest BCUT2D eigenvalue weighted by Crippen LogP contribution is -1.82. The molecule has 0 atom stereocenters. The number of benzene rings is 2. The molecule has 0 aliphatic rings. The smallest absolute Gasteiger partial charge is 0.162 e. The maximum Gasteiger partial charge on any atom is 0.162 e. The summed E-state index contributed by atoms with van der Waals surface area (Å²) >= 11 is 0. The molecule has 0 N–H and O–H groups in total. The van der Waals surface area contributed by atoms with Crippen molar-refractivity contribution in [2.24, 2.45) is 0 Å². The number of fused-ring (bicyclic) bond motifs is 3. The molecule has 1 heterocycles. The van der Waals surface area contributed by atoms with Crippen molar-refractivity contribution in [3.8, 4) is 0 Å². The first-order valence-electron chi connectivity index (χ1n) is 5.35. The van der Waals surface area contributed by atoms with Crippen LogP contribution in [0, 0.1) is 25.5 Å². The molecule has 1 nitrogen and oxygen atoms in total. The lowest BCUT2D eigenvalue weighted by atomic mass is 10.1. The van der Waals surface area contributed by atoms with Crippen molar-refractivity contribution < 1.29 is 13.2 Å². The van der Waals surface area contributed by atoms with E-state index in [2.05, 4.69) is 0 Å². The highest BCUT2D eigenvalue weighted by atomic mass is 19.2. The van der Waals surface area contributed by atoms with Gasteiger partial charge in [-0.3, -0.25) is 0 Å². The molecule has 0 spiro atoms. The molecule has 0 saturated carbocycles. The zero-order valence-corrected chi connectivity index (χ0v) is 9.47. The van der Waals surface area contributed by atoms with Crippen LogP contribution >= 0.6 is 0 Å². The molecule has 0 aliphatic heterocycles. The predicted molar refractivity (Wildman–Crippen MR) is 63.1 cm³/mol. The standard InChI is InChI=1S/C14H10F2O/c1-7-3-9-10-5-11(15)12(16)6-14(10)17-13(9)4-8(7)2/h3-6H,1-2H3. The quantitative estimate of drug-likeness (QED) is 0.557. The molecule has 3 rings (SSSR count). The van der Waals surface area contributed by atoms with Gasteiger partial charge in [-0.1, -0.05) is 0 Å². The minimum absolute atomic E-state index is 0.379. The van der Waals surface area contributed by atoms with Crippen molar-refractivity contribution in [2.45, 2.75) is 13.8 Å². The largest absolute Gasteiger partial charge is 0.456 e. The highest BCUT2D eigenvalue weighted by Crippen LogP contribution is 2.31. The van der Waals surface area contributed by atoms with Gasteiger partial charge < -0.3 is 4.42 Å². The lowest BCUT2D eigenvalue weighted by molar-refractivity contribution is 0.508. The summed E-state index contributed by atoms with van der Waals surface area (Å²) in [6, 6.07) is 6.11. The lowest BCUT2D eigenvalue weighted by Gasteiger charge is -1.98. The fraction of sp³-hybridized carbons (Fsp3) is 0.143. The summed E-state index contributed by atoms with van der Waals surface area (Å²) in [6.45, 7) is 3.95. The monoisotopic (exact) mass is 232 g/mol. The van der Waals surface area contributed by atoms with Gasteiger partial charge in [0.1, 0.15) is 11.2 Å². The summed E-state index contributed by atoms with van der Waals surface area (Å²) in [5.74, 6) is -1.73. The highest BCUT2D eigenvalue weighted by molar-refractivity contribution is 6.05. The maximum atomic E-state index is 13.2. The third-order valence-electron chi connectivity index (χ3n) is 3.13. The number of hydrogen-bond donors (Lipinski definition) is 0. The van der Waals surface area contributed by atoms with E-state index in [-0.39, 0.29) is 0 Å². The number of halogens is 2. The first kappa shape index (κ1) is 10.3. The fourth-order valence-corrected chi connectivity index (χ4v) is 2.03. The van der Waals surface area contributed by atoms with Crippen molar-refractivity contribution >= 4 is 21.9 Å². The van der Waals surface area contributed by atoms with Crippen molar-refractivity contribution in [1.82, 2.24) is 0 Å². The van der Waals surface area contributed by atoms with Gasteiger partial charge >= 0.3 is 0 Å². The molecule has 0 amide bonds. The van der Waals surface area contributed by atoms with E-state index in [0.29, 0.717) is 16.6 Å². The van der Waals surface area contributed by atoms with Crippen LogP contribution in [-0.2, 0) is 0 Å². The van der Waals surface area contributed by atoms with Gasteiger partial charge in [-0.15, -0.1) is 0 Å². The number of hydrogen-bond acceptors (Lipinski definition) is 1. The first-order chi connectivity index (χ1) is 8.06. The van der Waals surface area contributed by atoms with Crippen LogP contribution in [0.4, 0.5) is 8.78 Å². The summed E-state index contributed by atoms with van der Waals surface area (Å²) in [6.07, 6.45) is 0. The Morgan fingerprint density at radius 2 is 1.29 bits per heavy atom. The van der Waals surface area contributed by atoms with Crippen LogP contribution < -0.4 is 0 Å². The van der Waals surface area contributed by atoms with Crippen molar-refractivity contribution in [1.29, 1.82) is 0 Å². The SMILES string of the molecule is Cc1cc2oc3cc(F)c(F)cc3c2cc1C. The minimum atomic E-state index is -0.884. The highest BCUT2D eigenvalue weighted by Gasteiger charge is 2.12. The second kappa shape index (κ2) is 3.29. The van der Waals surface area contributed by atoms with Gasteiger partial charge in [0.15, 0.2) is 11.6 Å². The van der Waals surface area contributed by atoms with E-state index in [0.717, 1.165) is 22.6 Å². The van der Waals surface area contributed by atoms with E-state index >= 15 is 0 Å². The third-order valence-corrected chi connectivity index (χ3v) is 3.13. The average Bonchev–Trinajstić information content (AvgIpc) is 2.58. The topological polar surface area (TPSA) is 13.1 Å². The number of furan rings is 1. The Hall–Kier alpha value is -1.90. The Morgan fingerprint density at radius 1 is 0.765 bits per heavy atom. The Labute approximate surface area is 96.7 Å². The molecule has 2 aromatic carbocycles. The predicted octanol–water partition coefficient (Wildman–Crippen LogP) is 4.48. The van der Waals surface area contributed by atoms with Crippen LogP contribution in [0.2, 0.25) is 0 Å². The fourth-order valence-electron chi connectivity index (χ4n) is 2.03. The molecule has 17 heavy (non-hydrogen) atoms. The van der Waals surface area contributed by atoms with Crippen molar-refractivity contribution in [3.63, 3.8) is 0 Å². The third kappa shape index (κ3) is 1.42. The summed E-state index contributed by atoms with van der Waals surface area (Å²) in [7, 11) is 0. The van der Waals surface area contributed by atoms with Gasteiger partial charge in [0.25, 0.3) is 0 Å². The van der Waals surface area contributed by atoms with Gasteiger partial charge in [0.05, 0.1) is 0 Å². The average molecular weight is 232 g/mol. The molecule has 0 saturated heterocycles. The van der Waals surface area contributed by atoms with E-state index in [1.54, 1.807) is 0 Å². The number of aryl methyl sites for hydroxylation is 2. The second-order valence-corrected chi connectivity index (χ2v) is 4.30. The van der Waals surface area contributed by atoms with E-state index in [1.165, 1.54) is 6.07 Å². The minimum Gasteiger partial charge on any atom is -0.456 e. The molecule has 86 valence electrons. The Kier molecular flexibility index (Phi) is 1.99.